The lowest BCUT2D eigenvalue weighted by molar-refractivity contribution is -0.122. The van der Waals surface area contributed by atoms with Crippen LogP contribution in [0.2, 0.25) is 0 Å². The molecule has 1 aliphatic rings. The molecule has 0 radical (unpaired) electrons. The molecule has 8 heteroatoms. The lowest BCUT2D eigenvalue weighted by Crippen LogP contribution is -2.43. The van der Waals surface area contributed by atoms with Gasteiger partial charge in [0.05, 0.1) is 18.8 Å². The minimum Gasteiger partial charge on any atom is -0.497 e. The first-order valence-electron chi connectivity index (χ1n) is 9.90. The predicted molar refractivity (Wildman–Crippen MR) is 112 cm³/mol. The molecule has 2 unspecified atom stereocenters. The Morgan fingerprint density at radius 1 is 1.34 bits per heavy atom. The lowest BCUT2D eigenvalue weighted by Gasteiger charge is -2.11. The number of rotatable bonds is 6. The second-order valence-electron chi connectivity index (χ2n) is 7.60. The molecule has 1 fully saturated rings. The van der Waals surface area contributed by atoms with E-state index < -0.39 is 0 Å². The van der Waals surface area contributed by atoms with E-state index in [1.807, 2.05) is 43.0 Å². The molecule has 8 nitrogen and oxygen atoms in total. The van der Waals surface area contributed by atoms with Crippen LogP contribution in [0.25, 0.3) is 10.9 Å². The van der Waals surface area contributed by atoms with Crippen molar-refractivity contribution in [1.82, 2.24) is 30.9 Å². The Hall–Kier alpha value is -2.84. The van der Waals surface area contributed by atoms with Gasteiger partial charge in [0.25, 0.3) is 0 Å². The Balaban J connectivity index is 1.34. The predicted octanol–water partition coefficient (Wildman–Crippen LogP) is 1.79. The third-order valence-electron chi connectivity index (χ3n) is 5.80. The molecule has 2 aromatic heterocycles. The van der Waals surface area contributed by atoms with Crippen molar-refractivity contribution in [3.05, 3.63) is 46.9 Å². The molecule has 0 aliphatic carbocycles. The van der Waals surface area contributed by atoms with Gasteiger partial charge in [-0.3, -0.25) is 9.48 Å². The van der Waals surface area contributed by atoms with E-state index in [4.69, 9.17) is 4.74 Å². The van der Waals surface area contributed by atoms with E-state index >= 15 is 0 Å². The van der Waals surface area contributed by atoms with Gasteiger partial charge in [-0.2, -0.15) is 5.10 Å². The third kappa shape index (κ3) is 3.73. The highest BCUT2D eigenvalue weighted by Crippen LogP contribution is 2.27. The van der Waals surface area contributed by atoms with Crippen molar-refractivity contribution in [2.24, 2.45) is 7.05 Å². The van der Waals surface area contributed by atoms with Gasteiger partial charge < -0.3 is 15.0 Å². The standard InChI is InChI=1S/C21H28N6O2/c1-12-20(13(2)27(3)26-12)18-10-19(25-24-18)21(28)22-8-7-14-11-23-17-6-5-15(29-4)9-16(14)17/h5-6,9,11,18-19,23-25H,7-8,10H2,1-4H3,(H,22,28). The van der Waals surface area contributed by atoms with Gasteiger partial charge >= 0.3 is 0 Å². The van der Waals surface area contributed by atoms with Gasteiger partial charge in [0.15, 0.2) is 0 Å². The number of aromatic nitrogens is 3. The minimum absolute atomic E-state index is 0.0108. The SMILES string of the molecule is COc1ccc2[nH]cc(CCNC(=O)C3CC(c4c(C)nn(C)c4C)NN3)c2c1. The van der Waals surface area contributed by atoms with Crippen molar-refractivity contribution in [2.75, 3.05) is 13.7 Å². The fourth-order valence-electron chi connectivity index (χ4n) is 4.15. The summed E-state index contributed by atoms with van der Waals surface area (Å²) in [5.41, 5.74) is 11.9. The van der Waals surface area contributed by atoms with Crippen LogP contribution in [-0.2, 0) is 18.3 Å². The van der Waals surface area contributed by atoms with Crippen molar-refractivity contribution >= 4 is 16.8 Å². The lowest BCUT2D eigenvalue weighted by atomic mass is 10.00. The highest BCUT2D eigenvalue weighted by molar-refractivity contribution is 5.85. The van der Waals surface area contributed by atoms with E-state index in [1.165, 1.54) is 5.56 Å². The fourth-order valence-corrected chi connectivity index (χ4v) is 4.15. The van der Waals surface area contributed by atoms with E-state index in [1.54, 1.807) is 7.11 Å². The molecule has 0 saturated carbocycles. The number of nitrogens with zero attached hydrogens (tertiary/aromatic N) is 2. The molecule has 1 aliphatic heterocycles. The first-order chi connectivity index (χ1) is 14.0. The Kier molecular flexibility index (Phi) is 5.29. The summed E-state index contributed by atoms with van der Waals surface area (Å²) in [4.78, 5) is 15.9. The maximum absolute atomic E-state index is 12.6. The van der Waals surface area contributed by atoms with Crippen molar-refractivity contribution in [2.45, 2.75) is 38.8 Å². The number of amides is 1. The van der Waals surface area contributed by atoms with Crippen LogP contribution in [0.4, 0.5) is 0 Å². The second-order valence-corrected chi connectivity index (χ2v) is 7.60. The molecule has 4 N–H and O–H groups in total. The molecular formula is C21H28N6O2. The maximum Gasteiger partial charge on any atom is 0.238 e. The van der Waals surface area contributed by atoms with E-state index in [9.17, 15) is 4.79 Å². The monoisotopic (exact) mass is 396 g/mol. The van der Waals surface area contributed by atoms with Gasteiger partial charge in [-0.1, -0.05) is 0 Å². The normalized spacial score (nSPS) is 19.0. The number of hydrogen-bond acceptors (Lipinski definition) is 5. The van der Waals surface area contributed by atoms with Gasteiger partial charge in [-0.25, -0.2) is 10.9 Å². The molecule has 3 aromatic rings. The highest BCUT2D eigenvalue weighted by Gasteiger charge is 2.32. The summed E-state index contributed by atoms with van der Waals surface area (Å²) in [6.07, 6.45) is 3.45. The molecular weight excluding hydrogens is 368 g/mol. The molecule has 2 atom stereocenters. The number of benzene rings is 1. The number of aryl methyl sites for hydroxylation is 2. The summed E-state index contributed by atoms with van der Waals surface area (Å²) >= 11 is 0. The first-order valence-corrected chi connectivity index (χ1v) is 9.90. The molecule has 1 aromatic carbocycles. The number of methoxy groups -OCH3 is 1. The van der Waals surface area contributed by atoms with Crippen molar-refractivity contribution < 1.29 is 9.53 Å². The maximum atomic E-state index is 12.6. The van der Waals surface area contributed by atoms with Crippen LogP contribution in [0.1, 0.15) is 35.0 Å². The third-order valence-corrected chi connectivity index (χ3v) is 5.80. The van der Waals surface area contributed by atoms with Crippen LogP contribution < -0.4 is 20.9 Å². The number of H-pyrrole nitrogens is 1. The molecule has 4 rings (SSSR count). The zero-order valence-electron chi connectivity index (χ0n) is 17.3. The van der Waals surface area contributed by atoms with E-state index in [2.05, 4.69) is 33.2 Å². The number of hydrazine groups is 1. The van der Waals surface area contributed by atoms with Gasteiger partial charge in [-0.15, -0.1) is 0 Å². The number of nitrogens with one attached hydrogen (secondary N) is 4. The smallest absolute Gasteiger partial charge is 0.238 e. The number of carbonyl (C=O) groups excluding carboxylic acids is 1. The summed E-state index contributed by atoms with van der Waals surface area (Å²) in [6, 6.07) is 5.79. The van der Waals surface area contributed by atoms with Gasteiger partial charge in [0.1, 0.15) is 11.8 Å². The number of ether oxygens (including phenoxy) is 1. The number of carbonyl (C=O) groups is 1. The molecule has 29 heavy (non-hydrogen) atoms. The quantitative estimate of drug-likeness (QED) is 0.510. The fraction of sp³-hybridized carbons (Fsp3) is 0.429. The van der Waals surface area contributed by atoms with Gasteiger partial charge in [0, 0.05) is 41.9 Å². The van der Waals surface area contributed by atoms with Crippen LogP contribution in [-0.4, -0.2) is 40.4 Å². The molecule has 1 saturated heterocycles. The van der Waals surface area contributed by atoms with Crippen LogP contribution in [0.15, 0.2) is 24.4 Å². The van der Waals surface area contributed by atoms with Crippen molar-refractivity contribution in [1.29, 1.82) is 0 Å². The summed E-state index contributed by atoms with van der Waals surface area (Å²) < 4.78 is 7.20. The number of fused-ring (bicyclic) bond motifs is 1. The van der Waals surface area contributed by atoms with Gasteiger partial charge in [-0.05, 0) is 50.5 Å². The Morgan fingerprint density at radius 2 is 2.17 bits per heavy atom. The first kappa shape index (κ1) is 19.5. The van der Waals surface area contributed by atoms with Crippen molar-refractivity contribution in [3.63, 3.8) is 0 Å². The zero-order chi connectivity index (χ0) is 20.5. The average Bonchev–Trinajstić information content (AvgIpc) is 3.40. The Bertz CT molecular complexity index is 1040. The zero-order valence-corrected chi connectivity index (χ0v) is 17.3. The topological polar surface area (TPSA) is 96.0 Å². The minimum atomic E-state index is -0.262. The second kappa shape index (κ2) is 7.88. The Labute approximate surface area is 170 Å². The van der Waals surface area contributed by atoms with E-state index in [-0.39, 0.29) is 18.0 Å². The molecule has 0 bridgehead atoms. The summed E-state index contributed by atoms with van der Waals surface area (Å²) in [6.45, 7) is 4.64. The summed E-state index contributed by atoms with van der Waals surface area (Å²) in [5, 5.41) is 8.66. The molecule has 1 amide bonds. The molecule has 154 valence electrons. The highest BCUT2D eigenvalue weighted by atomic mass is 16.5. The Morgan fingerprint density at radius 3 is 2.90 bits per heavy atom. The number of aromatic amines is 1. The van der Waals surface area contributed by atoms with Crippen LogP contribution >= 0.6 is 0 Å². The van der Waals surface area contributed by atoms with Crippen LogP contribution in [0, 0.1) is 13.8 Å². The molecule has 0 spiro atoms. The van der Waals surface area contributed by atoms with Gasteiger partial charge in [0.2, 0.25) is 5.91 Å². The van der Waals surface area contributed by atoms with Crippen LogP contribution in [0.5, 0.6) is 5.75 Å². The van der Waals surface area contributed by atoms with E-state index in [0.29, 0.717) is 13.0 Å². The molecule has 3 heterocycles. The summed E-state index contributed by atoms with van der Waals surface area (Å²) in [5.74, 6) is 0.840. The summed E-state index contributed by atoms with van der Waals surface area (Å²) in [7, 11) is 3.61. The number of hydrogen-bond donors (Lipinski definition) is 4. The van der Waals surface area contributed by atoms with Crippen LogP contribution in [0.3, 0.4) is 0 Å². The largest absolute Gasteiger partial charge is 0.497 e. The van der Waals surface area contributed by atoms with E-state index in [0.717, 1.165) is 40.0 Å². The average molecular weight is 396 g/mol. The van der Waals surface area contributed by atoms with Crippen molar-refractivity contribution in [3.8, 4) is 5.75 Å².